The zero-order valence-electron chi connectivity index (χ0n) is 9.38. The van der Waals surface area contributed by atoms with Gasteiger partial charge in [-0.3, -0.25) is 0 Å². The highest BCUT2D eigenvalue weighted by atomic mass is 14.0. The van der Waals surface area contributed by atoms with Gasteiger partial charge in [-0.25, -0.2) is 0 Å². The van der Waals surface area contributed by atoms with Crippen LogP contribution in [0.4, 0.5) is 0 Å². The van der Waals surface area contributed by atoms with E-state index in [0.717, 1.165) is 12.0 Å². The SMILES string of the molecule is C=C(C)c1ccc2ccc(CC)cc2c1. The minimum atomic E-state index is 1.09. The van der Waals surface area contributed by atoms with Crippen molar-refractivity contribution in [3.8, 4) is 0 Å². The van der Waals surface area contributed by atoms with Crippen LogP contribution >= 0.6 is 0 Å². The van der Waals surface area contributed by atoms with Crippen LogP contribution < -0.4 is 0 Å². The molecule has 0 fully saturated rings. The fourth-order valence-corrected chi connectivity index (χ4v) is 1.78. The molecule has 0 spiro atoms. The Balaban J connectivity index is 2.62. The summed E-state index contributed by atoms with van der Waals surface area (Å²) >= 11 is 0. The fourth-order valence-electron chi connectivity index (χ4n) is 1.78. The maximum Gasteiger partial charge on any atom is -0.0175 e. The number of hydrogen-bond acceptors (Lipinski definition) is 0. The van der Waals surface area contributed by atoms with Crippen LogP contribution in [0, 0.1) is 0 Å². The van der Waals surface area contributed by atoms with Crippen molar-refractivity contribution in [3.63, 3.8) is 0 Å². The highest BCUT2D eigenvalue weighted by Crippen LogP contribution is 2.21. The molecule has 0 saturated carbocycles. The summed E-state index contributed by atoms with van der Waals surface area (Å²) in [6.45, 7) is 8.21. The third kappa shape index (κ3) is 1.94. The molecule has 0 bridgehead atoms. The lowest BCUT2D eigenvalue weighted by molar-refractivity contribution is 1.15. The average molecular weight is 196 g/mol. The quantitative estimate of drug-likeness (QED) is 0.666. The Morgan fingerprint density at radius 2 is 1.80 bits per heavy atom. The topological polar surface area (TPSA) is 0 Å². The molecular weight excluding hydrogens is 180 g/mol. The van der Waals surface area contributed by atoms with Gasteiger partial charge in [-0.2, -0.15) is 0 Å². The third-order valence-electron chi connectivity index (χ3n) is 2.81. The molecule has 0 heteroatoms. The van der Waals surface area contributed by atoms with Crippen molar-refractivity contribution < 1.29 is 0 Å². The number of rotatable bonds is 2. The van der Waals surface area contributed by atoms with Gasteiger partial charge in [0.15, 0.2) is 0 Å². The third-order valence-corrected chi connectivity index (χ3v) is 2.81. The number of allylic oxidation sites excluding steroid dienone is 1. The van der Waals surface area contributed by atoms with Gasteiger partial charge < -0.3 is 0 Å². The van der Waals surface area contributed by atoms with E-state index in [-0.39, 0.29) is 0 Å². The second-order valence-electron chi connectivity index (χ2n) is 4.03. The maximum absolute atomic E-state index is 3.97. The minimum Gasteiger partial charge on any atom is -0.0955 e. The van der Waals surface area contributed by atoms with Gasteiger partial charge in [0.2, 0.25) is 0 Å². The zero-order valence-corrected chi connectivity index (χ0v) is 9.38. The van der Waals surface area contributed by atoms with Crippen molar-refractivity contribution in [2.75, 3.05) is 0 Å². The molecule has 0 N–H and O–H groups in total. The summed E-state index contributed by atoms with van der Waals surface area (Å²) in [6, 6.07) is 13.2. The standard InChI is InChI=1S/C15H16/c1-4-12-5-6-13-7-8-14(11(2)3)10-15(13)9-12/h5-10H,2,4H2,1,3H3. The Morgan fingerprint density at radius 3 is 2.47 bits per heavy atom. The second kappa shape index (κ2) is 3.90. The molecule has 0 unspecified atom stereocenters. The van der Waals surface area contributed by atoms with E-state index in [4.69, 9.17) is 0 Å². The predicted molar refractivity (Wildman–Crippen MR) is 68.0 cm³/mol. The van der Waals surface area contributed by atoms with E-state index in [9.17, 15) is 0 Å². The largest absolute Gasteiger partial charge is 0.0955 e. The summed E-state index contributed by atoms with van der Waals surface area (Å²) in [4.78, 5) is 0. The Bertz CT molecular complexity index is 506. The Labute approximate surface area is 91.2 Å². The molecule has 0 aliphatic rings. The molecule has 0 heterocycles. The molecule has 0 aromatic heterocycles. The van der Waals surface area contributed by atoms with Crippen molar-refractivity contribution >= 4 is 16.3 Å². The summed E-state index contributed by atoms with van der Waals surface area (Å²) in [5.74, 6) is 0. The Kier molecular flexibility index (Phi) is 2.59. The first-order valence-corrected chi connectivity index (χ1v) is 5.39. The summed E-state index contributed by atoms with van der Waals surface area (Å²) < 4.78 is 0. The van der Waals surface area contributed by atoms with E-state index in [1.165, 1.54) is 21.9 Å². The molecule has 0 atom stereocenters. The molecule has 0 radical (unpaired) electrons. The van der Waals surface area contributed by atoms with Crippen molar-refractivity contribution in [3.05, 3.63) is 54.1 Å². The van der Waals surface area contributed by atoms with Crippen LogP contribution in [0.2, 0.25) is 0 Å². The van der Waals surface area contributed by atoms with Gasteiger partial charge in [0.25, 0.3) is 0 Å². The van der Waals surface area contributed by atoms with Crippen LogP contribution in [0.5, 0.6) is 0 Å². The van der Waals surface area contributed by atoms with Gasteiger partial charge in [0.05, 0.1) is 0 Å². The zero-order chi connectivity index (χ0) is 10.8. The summed E-state index contributed by atoms with van der Waals surface area (Å²) in [5.41, 5.74) is 3.75. The van der Waals surface area contributed by atoms with Gasteiger partial charge in [0, 0.05) is 0 Å². The molecule has 2 rings (SSSR count). The summed E-state index contributed by atoms with van der Waals surface area (Å²) in [5, 5.41) is 2.62. The van der Waals surface area contributed by atoms with E-state index in [2.05, 4.69) is 49.9 Å². The van der Waals surface area contributed by atoms with Gasteiger partial charge in [-0.05, 0) is 41.3 Å². The number of hydrogen-bond donors (Lipinski definition) is 0. The van der Waals surface area contributed by atoms with E-state index >= 15 is 0 Å². The van der Waals surface area contributed by atoms with Crippen LogP contribution in [0.1, 0.15) is 25.0 Å². The van der Waals surface area contributed by atoms with Crippen molar-refractivity contribution in [2.24, 2.45) is 0 Å². The van der Waals surface area contributed by atoms with E-state index < -0.39 is 0 Å². The molecule has 76 valence electrons. The molecule has 0 amide bonds. The van der Waals surface area contributed by atoms with Crippen LogP contribution in [0.15, 0.2) is 43.0 Å². The van der Waals surface area contributed by atoms with E-state index in [0.29, 0.717) is 0 Å². The molecular formula is C15H16. The first kappa shape index (κ1) is 9.97. The van der Waals surface area contributed by atoms with Crippen molar-refractivity contribution in [1.82, 2.24) is 0 Å². The maximum atomic E-state index is 3.97. The molecule has 2 aromatic rings. The molecule has 2 aromatic carbocycles. The summed E-state index contributed by atoms with van der Waals surface area (Å²) in [6.07, 6.45) is 1.09. The monoisotopic (exact) mass is 196 g/mol. The highest BCUT2D eigenvalue weighted by molar-refractivity contribution is 5.86. The lowest BCUT2D eigenvalue weighted by atomic mass is 10.0. The lowest BCUT2D eigenvalue weighted by Gasteiger charge is -2.04. The summed E-state index contributed by atoms with van der Waals surface area (Å²) in [7, 11) is 0. The molecule has 0 aliphatic carbocycles. The van der Waals surface area contributed by atoms with Gasteiger partial charge >= 0.3 is 0 Å². The molecule has 0 aliphatic heterocycles. The van der Waals surface area contributed by atoms with Crippen LogP contribution in [-0.2, 0) is 6.42 Å². The van der Waals surface area contributed by atoms with E-state index in [1.54, 1.807) is 0 Å². The minimum absolute atomic E-state index is 1.09. The van der Waals surface area contributed by atoms with Gasteiger partial charge in [0.1, 0.15) is 0 Å². The van der Waals surface area contributed by atoms with Crippen molar-refractivity contribution in [1.29, 1.82) is 0 Å². The average Bonchev–Trinajstić information content (AvgIpc) is 2.27. The number of fused-ring (bicyclic) bond motifs is 1. The molecule has 15 heavy (non-hydrogen) atoms. The van der Waals surface area contributed by atoms with Crippen LogP contribution in [0.3, 0.4) is 0 Å². The highest BCUT2D eigenvalue weighted by Gasteiger charge is 1.98. The smallest absolute Gasteiger partial charge is 0.0175 e. The van der Waals surface area contributed by atoms with E-state index in [1.807, 2.05) is 6.92 Å². The fraction of sp³-hybridized carbons (Fsp3) is 0.200. The normalized spacial score (nSPS) is 10.5. The lowest BCUT2D eigenvalue weighted by Crippen LogP contribution is -1.83. The van der Waals surface area contributed by atoms with Gasteiger partial charge in [-0.1, -0.05) is 49.4 Å². The number of aryl methyl sites for hydroxylation is 1. The van der Waals surface area contributed by atoms with Gasteiger partial charge in [-0.15, -0.1) is 0 Å². The molecule has 0 saturated heterocycles. The predicted octanol–water partition coefficient (Wildman–Crippen LogP) is 4.44. The van der Waals surface area contributed by atoms with Crippen LogP contribution in [0.25, 0.3) is 16.3 Å². The van der Waals surface area contributed by atoms with Crippen molar-refractivity contribution in [2.45, 2.75) is 20.3 Å². The first-order valence-electron chi connectivity index (χ1n) is 5.39. The van der Waals surface area contributed by atoms with Crippen LogP contribution in [-0.4, -0.2) is 0 Å². The number of benzene rings is 2. The molecule has 0 nitrogen and oxygen atoms in total. The first-order chi connectivity index (χ1) is 7.20. The Morgan fingerprint density at radius 1 is 1.07 bits per heavy atom. The second-order valence-corrected chi connectivity index (χ2v) is 4.03. The Hall–Kier alpha value is -1.56.